The zero-order chi connectivity index (χ0) is 23.5. The molecule has 6 nitrogen and oxygen atoms in total. The molecule has 2 fully saturated rings. The van der Waals surface area contributed by atoms with E-state index in [0.29, 0.717) is 36.1 Å². The predicted molar refractivity (Wildman–Crippen MR) is 123 cm³/mol. The number of hydrogen-bond acceptors (Lipinski definition) is 5. The van der Waals surface area contributed by atoms with Gasteiger partial charge in [0.15, 0.2) is 0 Å². The number of rotatable bonds is 3. The number of allylic oxidation sites excluding steroid dienone is 1. The summed E-state index contributed by atoms with van der Waals surface area (Å²) < 4.78 is 12.8. The highest BCUT2D eigenvalue weighted by Gasteiger charge is 2.62. The van der Waals surface area contributed by atoms with Crippen LogP contribution in [0.3, 0.4) is 0 Å². The maximum Gasteiger partial charge on any atom is 0.341 e. The Kier molecular flexibility index (Phi) is 5.37. The molecule has 1 saturated heterocycles. The van der Waals surface area contributed by atoms with E-state index < -0.39 is 23.6 Å². The third kappa shape index (κ3) is 3.32. The standard InChI is InChI=1S/C27H33NO5/c1-5-17-13-20-22(23-21(17)24(29)28(25(23)30)18-9-7-6-8-10-18)26(31)33-27(32-20)14-16(4)11-12-19(27)15(2)3/h6-10,15-17,19,21,23H,5,11-14H2,1-4H3/t16-,17+,19+,21+,23+,27-/m1/s1. The van der Waals surface area contributed by atoms with Crippen molar-refractivity contribution < 1.29 is 23.9 Å². The number of amides is 2. The zero-order valence-corrected chi connectivity index (χ0v) is 19.9. The molecule has 4 aliphatic rings. The van der Waals surface area contributed by atoms with E-state index in [1.54, 1.807) is 24.3 Å². The zero-order valence-electron chi connectivity index (χ0n) is 19.9. The molecule has 0 bridgehead atoms. The molecule has 1 aromatic carbocycles. The summed E-state index contributed by atoms with van der Waals surface area (Å²) in [6.45, 7) is 8.49. The fourth-order valence-corrected chi connectivity index (χ4v) is 6.63. The Morgan fingerprint density at radius 1 is 1.06 bits per heavy atom. The smallest absolute Gasteiger partial charge is 0.341 e. The number of para-hydroxylation sites is 1. The molecule has 0 aromatic heterocycles. The maximum absolute atomic E-state index is 13.6. The van der Waals surface area contributed by atoms with Gasteiger partial charge < -0.3 is 9.47 Å². The molecule has 1 aromatic rings. The normalized spacial score (nSPS) is 36.1. The molecule has 2 heterocycles. The van der Waals surface area contributed by atoms with Crippen LogP contribution in [0.1, 0.15) is 59.8 Å². The molecule has 2 aliphatic heterocycles. The summed E-state index contributed by atoms with van der Waals surface area (Å²) in [5, 5.41) is 0. The van der Waals surface area contributed by atoms with Crippen molar-refractivity contribution in [3.05, 3.63) is 41.7 Å². The Balaban J connectivity index is 1.57. The minimum absolute atomic E-state index is 0.0552. The average molecular weight is 452 g/mol. The van der Waals surface area contributed by atoms with E-state index in [1.807, 2.05) is 13.0 Å². The van der Waals surface area contributed by atoms with Crippen molar-refractivity contribution in [1.29, 1.82) is 0 Å². The van der Waals surface area contributed by atoms with Gasteiger partial charge in [-0.1, -0.05) is 52.3 Å². The van der Waals surface area contributed by atoms with Gasteiger partial charge in [-0.15, -0.1) is 0 Å². The van der Waals surface area contributed by atoms with E-state index in [4.69, 9.17) is 9.47 Å². The first-order chi connectivity index (χ1) is 15.8. The van der Waals surface area contributed by atoms with Crippen LogP contribution in [0.2, 0.25) is 0 Å². The van der Waals surface area contributed by atoms with Gasteiger partial charge in [-0.25, -0.2) is 9.69 Å². The molecule has 1 spiro atoms. The lowest BCUT2D eigenvalue weighted by Crippen LogP contribution is -2.55. The molecule has 176 valence electrons. The summed E-state index contributed by atoms with van der Waals surface area (Å²) in [6.07, 6.45) is 3.90. The molecule has 6 atom stereocenters. The van der Waals surface area contributed by atoms with Gasteiger partial charge in [0.25, 0.3) is 5.79 Å². The van der Waals surface area contributed by atoms with Gasteiger partial charge in [0.1, 0.15) is 5.76 Å². The molecule has 2 amide bonds. The van der Waals surface area contributed by atoms with Gasteiger partial charge in [0.2, 0.25) is 11.8 Å². The largest absolute Gasteiger partial charge is 0.456 e. The van der Waals surface area contributed by atoms with Gasteiger partial charge in [-0.05, 0) is 42.7 Å². The fourth-order valence-electron chi connectivity index (χ4n) is 6.63. The van der Waals surface area contributed by atoms with Crippen LogP contribution in [0.25, 0.3) is 0 Å². The number of fused-ring (bicyclic) bond motifs is 2. The Morgan fingerprint density at radius 2 is 1.79 bits per heavy atom. The monoisotopic (exact) mass is 451 g/mol. The van der Waals surface area contributed by atoms with Crippen LogP contribution in [0.5, 0.6) is 0 Å². The quantitative estimate of drug-likeness (QED) is 0.486. The second-order valence-electron chi connectivity index (χ2n) is 10.6. The molecule has 5 rings (SSSR count). The summed E-state index contributed by atoms with van der Waals surface area (Å²) in [6, 6.07) is 8.96. The Morgan fingerprint density at radius 3 is 2.45 bits per heavy atom. The third-order valence-corrected chi connectivity index (χ3v) is 8.21. The molecule has 33 heavy (non-hydrogen) atoms. The number of nitrogens with zero attached hydrogens (tertiary/aromatic N) is 1. The summed E-state index contributed by atoms with van der Waals surface area (Å²) in [4.78, 5) is 41.9. The summed E-state index contributed by atoms with van der Waals surface area (Å²) in [5.74, 6) is -2.11. The molecule has 6 heteroatoms. The number of carbonyl (C=O) groups excluding carboxylic acids is 3. The molecule has 1 saturated carbocycles. The topological polar surface area (TPSA) is 72.9 Å². The summed E-state index contributed by atoms with van der Waals surface area (Å²) >= 11 is 0. The summed E-state index contributed by atoms with van der Waals surface area (Å²) in [5.41, 5.74) is 0.814. The molecule has 2 aliphatic carbocycles. The van der Waals surface area contributed by atoms with Gasteiger partial charge >= 0.3 is 5.97 Å². The van der Waals surface area contributed by atoms with E-state index in [-0.39, 0.29) is 29.2 Å². The molecular formula is C27H33NO5. The SMILES string of the molecule is CC[C@H]1CC2=C(C(=O)O[C@@]3(C[C@H](C)CC[C@H]3C(C)C)O2)[C@H]2C(=O)N(c3ccccc3)C(=O)[C@@H]12. The minimum atomic E-state index is -0.975. The maximum atomic E-state index is 13.6. The van der Waals surface area contributed by atoms with Crippen LogP contribution in [0.4, 0.5) is 5.69 Å². The second kappa shape index (κ2) is 8.00. The van der Waals surface area contributed by atoms with E-state index in [1.165, 1.54) is 4.90 Å². The van der Waals surface area contributed by atoms with Crippen LogP contribution >= 0.6 is 0 Å². The summed E-state index contributed by atoms with van der Waals surface area (Å²) in [7, 11) is 0. The fraction of sp³-hybridized carbons (Fsp3) is 0.593. The van der Waals surface area contributed by atoms with Crippen molar-refractivity contribution in [2.45, 2.75) is 65.6 Å². The number of carbonyl (C=O) groups is 3. The van der Waals surface area contributed by atoms with Crippen molar-refractivity contribution in [3.63, 3.8) is 0 Å². The number of imide groups is 1. The van der Waals surface area contributed by atoms with Crippen molar-refractivity contribution >= 4 is 23.5 Å². The van der Waals surface area contributed by atoms with Crippen LogP contribution in [-0.4, -0.2) is 23.6 Å². The van der Waals surface area contributed by atoms with Crippen molar-refractivity contribution in [1.82, 2.24) is 0 Å². The average Bonchev–Trinajstić information content (AvgIpc) is 3.03. The van der Waals surface area contributed by atoms with E-state index >= 15 is 0 Å². The first-order valence-electron chi connectivity index (χ1n) is 12.4. The van der Waals surface area contributed by atoms with Gasteiger partial charge in [0.05, 0.1) is 23.1 Å². The van der Waals surface area contributed by atoms with Crippen LogP contribution in [0.15, 0.2) is 41.7 Å². The first kappa shape index (κ1) is 22.2. The number of benzene rings is 1. The number of ether oxygens (including phenoxy) is 2. The van der Waals surface area contributed by atoms with E-state index in [2.05, 4.69) is 20.8 Å². The van der Waals surface area contributed by atoms with E-state index in [0.717, 1.165) is 19.3 Å². The van der Waals surface area contributed by atoms with Gasteiger partial charge in [-0.3, -0.25) is 9.59 Å². The van der Waals surface area contributed by atoms with Gasteiger partial charge in [0, 0.05) is 18.8 Å². The highest BCUT2D eigenvalue weighted by molar-refractivity contribution is 6.25. The third-order valence-electron chi connectivity index (χ3n) is 8.21. The van der Waals surface area contributed by atoms with Crippen LogP contribution in [0, 0.1) is 35.5 Å². The second-order valence-corrected chi connectivity index (χ2v) is 10.6. The highest BCUT2D eigenvalue weighted by atomic mass is 16.7. The predicted octanol–water partition coefficient (Wildman–Crippen LogP) is 4.84. The van der Waals surface area contributed by atoms with Crippen LogP contribution < -0.4 is 4.90 Å². The molecule has 0 radical (unpaired) electrons. The van der Waals surface area contributed by atoms with E-state index in [9.17, 15) is 14.4 Å². The van der Waals surface area contributed by atoms with Crippen LogP contribution in [-0.2, 0) is 23.9 Å². The Bertz CT molecular complexity index is 1010. The number of esters is 1. The molecular weight excluding hydrogens is 418 g/mol. The highest BCUT2D eigenvalue weighted by Crippen LogP contribution is 2.54. The van der Waals surface area contributed by atoms with Gasteiger partial charge in [-0.2, -0.15) is 0 Å². The number of hydrogen-bond donors (Lipinski definition) is 0. The molecule has 0 unspecified atom stereocenters. The minimum Gasteiger partial charge on any atom is -0.456 e. The van der Waals surface area contributed by atoms with Crippen molar-refractivity contribution in [3.8, 4) is 0 Å². The Labute approximate surface area is 195 Å². The Hall–Kier alpha value is -2.63. The lowest BCUT2D eigenvalue weighted by atomic mass is 9.69. The molecule has 0 N–H and O–H groups in total. The van der Waals surface area contributed by atoms with Crippen molar-refractivity contribution in [2.24, 2.45) is 35.5 Å². The lowest BCUT2D eigenvalue weighted by molar-refractivity contribution is -0.274. The first-order valence-corrected chi connectivity index (χ1v) is 12.4. The van der Waals surface area contributed by atoms with Crippen molar-refractivity contribution in [2.75, 3.05) is 4.90 Å². The number of anilines is 1. The lowest BCUT2D eigenvalue weighted by Gasteiger charge is -2.50.